The molecule has 0 bridgehead atoms. The Balaban J connectivity index is 4.39. The molecule has 17 heavy (non-hydrogen) atoms. The zero-order valence-electron chi connectivity index (χ0n) is 12.8. The lowest BCUT2D eigenvalue weighted by Gasteiger charge is -2.38. The molecule has 1 heteroatoms. The minimum absolute atomic E-state index is 1.29. The van der Waals surface area contributed by atoms with Gasteiger partial charge >= 0.3 is 0 Å². The van der Waals surface area contributed by atoms with Crippen LogP contribution in [0.25, 0.3) is 0 Å². The van der Waals surface area contributed by atoms with Gasteiger partial charge in [0.25, 0.3) is 0 Å². The van der Waals surface area contributed by atoms with Gasteiger partial charge in [-0.05, 0) is 19.3 Å². The first-order valence-electron chi connectivity index (χ1n) is 7.94. The minimum atomic E-state index is 1.29. The predicted octanol–water partition coefficient (Wildman–Crippen LogP) is 5.17. The topological polar surface area (TPSA) is 0 Å². The molecule has 0 N–H and O–H groups in total. The van der Waals surface area contributed by atoms with E-state index < -0.39 is 0 Å². The maximum atomic E-state index is 2.63. The SMILES string of the molecule is CCC[CH][N+](CCCC)(CCCC)CCCC. The van der Waals surface area contributed by atoms with E-state index >= 15 is 0 Å². The van der Waals surface area contributed by atoms with Crippen LogP contribution in [0.2, 0.25) is 0 Å². The minimum Gasteiger partial charge on any atom is -0.316 e. The molecule has 1 nitrogen and oxygen atoms in total. The molecule has 0 rings (SSSR count). The fourth-order valence-corrected chi connectivity index (χ4v) is 2.43. The summed E-state index contributed by atoms with van der Waals surface area (Å²) >= 11 is 0. The molecule has 0 aliphatic rings. The molecule has 103 valence electrons. The summed E-state index contributed by atoms with van der Waals surface area (Å²) in [4.78, 5) is 0. The molecular formula is C16H35N+. The van der Waals surface area contributed by atoms with Crippen LogP contribution < -0.4 is 0 Å². The lowest BCUT2D eigenvalue weighted by Crippen LogP contribution is -2.47. The highest BCUT2D eigenvalue weighted by Crippen LogP contribution is 2.19. The predicted molar refractivity (Wildman–Crippen MR) is 78.8 cm³/mol. The van der Waals surface area contributed by atoms with E-state index in [-0.39, 0.29) is 0 Å². The number of hydrogen-bond donors (Lipinski definition) is 0. The lowest BCUT2D eigenvalue weighted by molar-refractivity contribution is -0.901. The van der Waals surface area contributed by atoms with Gasteiger partial charge < -0.3 is 4.48 Å². The maximum Gasteiger partial charge on any atom is 0.141 e. The van der Waals surface area contributed by atoms with Crippen LogP contribution in [0.3, 0.4) is 0 Å². The first kappa shape index (κ1) is 17.0. The largest absolute Gasteiger partial charge is 0.316 e. The van der Waals surface area contributed by atoms with Crippen molar-refractivity contribution < 1.29 is 4.48 Å². The Bertz CT molecular complexity index is 116. The van der Waals surface area contributed by atoms with Gasteiger partial charge in [0.1, 0.15) is 6.54 Å². The van der Waals surface area contributed by atoms with Crippen molar-refractivity contribution in [2.24, 2.45) is 0 Å². The highest BCUT2D eigenvalue weighted by Gasteiger charge is 2.25. The van der Waals surface area contributed by atoms with Gasteiger partial charge in [-0.25, -0.2) is 0 Å². The zero-order valence-corrected chi connectivity index (χ0v) is 12.8. The Kier molecular flexibility index (Phi) is 11.0. The first-order valence-corrected chi connectivity index (χ1v) is 7.94. The van der Waals surface area contributed by atoms with Crippen molar-refractivity contribution >= 4 is 0 Å². The van der Waals surface area contributed by atoms with Crippen LogP contribution in [-0.4, -0.2) is 24.1 Å². The van der Waals surface area contributed by atoms with E-state index in [1.807, 2.05) is 0 Å². The molecule has 0 aromatic heterocycles. The van der Waals surface area contributed by atoms with Crippen molar-refractivity contribution in [2.45, 2.75) is 79.1 Å². The number of unbranched alkanes of at least 4 members (excludes halogenated alkanes) is 4. The van der Waals surface area contributed by atoms with Gasteiger partial charge in [0.2, 0.25) is 0 Å². The van der Waals surface area contributed by atoms with Gasteiger partial charge in [0, 0.05) is 6.42 Å². The molecule has 0 unspecified atom stereocenters. The van der Waals surface area contributed by atoms with Gasteiger partial charge in [0.15, 0.2) is 0 Å². The Morgan fingerprint density at radius 1 is 0.647 bits per heavy atom. The Morgan fingerprint density at radius 2 is 1.06 bits per heavy atom. The second-order valence-corrected chi connectivity index (χ2v) is 5.42. The molecule has 0 fully saturated rings. The monoisotopic (exact) mass is 241 g/mol. The van der Waals surface area contributed by atoms with Crippen LogP contribution in [0.5, 0.6) is 0 Å². The van der Waals surface area contributed by atoms with Gasteiger partial charge in [-0.1, -0.05) is 53.4 Å². The van der Waals surface area contributed by atoms with E-state index in [2.05, 4.69) is 34.2 Å². The summed E-state index contributed by atoms with van der Waals surface area (Å²) in [7, 11) is 0. The van der Waals surface area contributed by atoms with Crippen molar-refractivity contribution in [2.75, 3.05) is 19.6 Å². The van der Waals surface area contributed by atoms with E-state index in [4.69, 9.17) is 0 Å². The van der Waals surface area contributed by atoms with Crippen molar-refractivity contribution in [3.8, 4) is 0 Å². The third-order valence-electron chi connectivity index (χ3n) is 3.68. The summed E-state index contributed by atoms with van der Waals surface area (Å²) in [5.74, 6) is 0. The average Bonchev–Trinajstić information content (AvgIpc) is 2.37. The molecular weight excluding hydrogens is 206 g/mol. The molecule has 1 radical (unpaired) electrons. The second-order valence-electron chi connectivity index (χ2n) is 5.42. The van der Waals surface area contributed by atoms with Crippen molar-refractivity contribution in [3.63, 3.8) is 0 Å². The first-order chi connectivity index (χ1) is 8.24. The number of hydrogen-bond acceptors (Lipinski definition) is 0. The summed E-state index contributed by atoms with van der Waals surface area (Å²) in [5.41, 5.74) is 0. The van der Waals surface area contributed by atoms with Crippen LogP contribution in [-0.2, 0) is 0 Å². The van der Waals surface area contributed by atoms with Gasteiger partial charge in [-0.15, -0.1) is 0 Å². The molecule has 0 saturated heterocycles. The fraction of sp³-hybridized carbons (Fsp3) is 0.938. The highest BCUT2D eigenvalue weighted by atomic mass is 15.3. The maximum absolute atomic E-state index is 2.63. The van der Waals surface area contributed by atoms with E-state index in [0.29, 0.717) is 0 Å². The van der Waals surface area contributed by atoms with E-state index in [1.165, 1.54) is 75.5 Å². The summed E-state index contributed by atoms with van der Waals surface area (Å²) in [6.45, 7) is 16.0. The third kappa shape index (κ3) is 7.81. The zero-order chi connectivity index (χ0) is 13.0. The van der Waals surface area contributed by atoms with Crippen molar-refractivity contribution in [3.05, 3.63) is 6.54 Å². The van der Waals surface area contributed by atoms with Crippen LogP contribution in [0.4, 0.5) is 0 Å². The smallest absolute Gasteiger partial charge is 0.141 e. The molecule has 0 aromatic carbocycles. The van der Waals surface area contributed by atoms with E-state index in [0.717, 1.165) is 0 Å². The molecule has 0 saturated carbocycles. The average molecular weight is 241 g/mol. The number of rotatable bonds is 12. The third-order valence-corrected chi connectivity index (χ3v) is 3.68. The standard InChI is InChI=1S/C16H35N/c1-5-9-13-17(14-10-6-2,15-11-7-3)16-12-8-4/h13H,5-12,14-16H2,1-4H3/q+1. The molecule has 0 aliphatic carbocycles. The van der Waals surface area contributed by atoms with Crippen molar-refractivity contribution in [1.82, 2.24) is 0 Å². The fourth-order valence-electron chi connectivity index (χ4n) is 2.43. The Hall–Kier alpha value is -0.0400. The second kappa shape index (κ2) is 11.1. The summed E-state index contributed by atoms with van der Waals surface area (Å²) in [5, 5.41) is 0. The number of nitrogens with zero attached hydrogens (tertiary/aromatic N) is 1. The molecule has 0 spiro atoms. The van der Waals surface area contributed by atoms with E-state index in [9.17, 15) is 0 Å². The van der Waals surface area contributed by atoms with Crippen molar-refractivity contribution in [1.29, 1.82) is 0 Å². The normalized spacial score (nSPS) is 12.0. The van der Waals surface area contributed by atoms with Crippen LogP contribution in [0.15, 0.2) is 0 Å². The highest BCUT2D eigenvalue weighted by molar-refractivity contribution is 4.58. The lowest BCUT2D eigenvalue weighted by atomic mass is 10.1. The van der Waals surface area contributed by atoms with Crippen LogP contribution in [0.1, 0.15) is 79.1 Å². The van der Waals surface area contributed by atoms with E-state index in [1.54, 1.807) is 0 Å². The Labute approximate surface area is 110 Å². The molecule has 0 atom stereocenters. The molecule has 0 aliphatic heterocycles. The number of quaternary nitrogens is 1. The Morgan fingerprint density at radius 3 is 1.35 bits per heavy atom. The molecule has 0 aromatic rings. The summed E-state index contributed by atoms with van der Waals surface area (Å²) in [6.07, 6.45) is 10.7. The molecule has 0 heterocycles. The van der Waals surface area contributed by atoms with Crippen LogP contribution in [0, 0.1) is 6.54 Å². The molecule has 0 amide bonds. The van der Waals surface area contributed by atoms with Gasteiger partial charge in [-0.2, -0.15) is 0 Å². The summed E-state index contributed by atoms with van der Waals surface area (Å²) < 4.78 is 1.30. The van der Waals surface area contributed by atoms with Gasteiger partial charge in [-0.3, -0.25) is 0 Å². The quantitative estimate of drug-likeness (QED) is 0.414. The summed E-state index contributed by atoms with van der Waals surface area (Å²) in [6, 6.07) is 0. The van der Waals surface area contributed by atoms with Crippen LogP contribution >= 0.6 is 0 Å². The van der Waals surface area contributed by atoms with Gasteiger partial charge in [0.05, 0.1) is 19.6 Å².